The zero-order chi connectivity index (χ0) is 16.4. The van der Waals surface area contributed by atoms with Crippen LogP contribution in [0.4, 0.5) is 0 Å². The molecular weight excluding hydrogens is 284 g/mol. The molecule has 0 amide bonds. The summed E-state index contributed by atoms with van der Waals surface area (Å²) in [5, 5.41) is 0. The average Bonchev–Trinajstić information content (AvgIpc) is 2.85. The normalized spacial score (nSPS) is 52.5. The number of fused-ring (bicyclic) bond motifs is 5. The number of carbonyl (C=O) groups is 2. The fraction of sp³-hybridized carbons (Fsp3) is 0.905. The van der Waals surface area contributed by atoms with Gasteiger partial charge in [0.05, 0.1) is 0 Å². The molecule has 23 heavy (non-hydrogen) atoms. The van der Waals surface area contributed by atoms with Crippen LogP contribution in [-0.2, 0) is 9.59 Å². The molecular formula is C21H32O2. The van der Waals surface area contributed by atoms with E-state index in [2.05, 4.69) is 13.8 Å². The zero-order valence-electron chi connectivity index (χ0n) is 15.1. The van der Waals surface area contributed by atoms with E-state index in [0.717, 1.165) is 43.4 Å². The van der Waals surface area contributed by atoms with E-state index < -0.39 is 0 Å². The van der Waals surface area contributed by atoms with Gasteiger partial charge in [-0.3, -0.25) is 9.59 Å². The van der Waals surface area contributed by atoms with Crippen LogP contribution in [0, 0.1) is 40.4 Å². The van der Waals surface area contributed by atoms with E-state index in [-0.39, 0.29) is 5.41 Å². The Hall–Kier alpha value is -0.660. The monoisotopic (exact) mass is 316 g/mol. The van der Waals surface area contributed by atoms with Crippen LogP contribution in [0.1, 0.15) is 78.6 Å². The summed E-state index contributed by atoms with van der Waals surface area (Å²) < 4.78 is 0. The maximum absolute atomic E-state index is 12.2. The molecule has 0 radical (unpaired) electrons. The second-order valence-electron chi connectivity index (χ2n) is 9.68. The van der Waals surface area contributed by atoms with E-state index in [9.17, 15) is 9.59 Å². The zero-order valence-corrected chi connectivity index (χ0v) is 15.1. The van der Waals surface area contributed by atoms with Gasteiger partial charge in [0.1, 0.15) is 11.6 Å². The lowest BCUT2D eigenvalue weighted by Crippen LogP contribution is -2.53. The van der Waals surface area contributed by atoms with Crippen LogP contribution in [0.5, 0.6) is 0 Å². The molecule has 0 bridgehead atoms. The third kappa shape index (κ3) is 2.12. The third-order valence-corrected chi connectivity index (χ3v) is 8.97. The molecule has 4 aliphatic carbocycles. The molecule has 7 atom stereocenters. The van der Waals surface area contributed by atoms with E-state index in [1.807, 2.05) is 6.92 Å². The third-order valence-electron chi connectivity index (χ3n) is 8.97. The van der Waals surface area contributed by atoms with Crippen LogP contribution in [0.15, 0.2) is 0 Å². The molecule has 4 saturated carbocycles. The summed E-state index contributed by atoms with van der Waals surface area (Å²) in [5.41, 5.74) is 0.660. The van der Waals surface area contributed by atoms with Crippen molar-refractivity contribution in [2.24, 2.45) is 40.4 Å². The Labute approximate surface area is 140 Å². The molecule has 0 aromatic rings. The Morgan fingerprint density at radius 2 is 1.70 bits per heavy atom. The van der Waals surface area contributed by atoms with E-state index in [1.54, 1.807) is 0 Å². The Balaban J connectivity index is 1.63. The Kier molecular flexibility index (Phi) is 3.56. The van der Waals surface area contributed by atoms with Crippen molar-refractivity contribution in [2.45, 2.75) is 78.6 Å². The van der Waals surface area contributed by atoms with Gasteiger partial charge >= 0.3 is 0 Å². The molecule has 0 heterocycles. The van der Waals surface area contributed by atoms with Crippen LogP contribution in [-0.4, -0.2) is 11.6 Å². The molecule has 0 saturated heterocycles. The van der Waals surface area contributed by atoms with E-state index in [0.29, 0.717) is 28.8 Å². The molecule has 0 aromatic carbocycles. The highest BCUT2D eigenvalue weighted by atomic mass is 16.1. The van der Waals surface area contributed by atoms with E-state index in [1.165, 1.54) is 32.1 Å². The first-order valence-corrected chi connectivity index (χ1v) is 9.88. The fourth-order valence-corrected chi connectivity index (χ4v) is 7.71. The van der Waals surface area contributed by atoms with Gasteiger partial charge in [-0.2, -0.15) is 0 Å². The van der Waals surface area contributed by atoms with Gasteiger partial charge in [0.25, 0.3) is 0 Å². The number of hydrogen-bond donors (Lipinski definition) is 0. The predicted octanol–water partition coefficient (Wildman–Crippen LogP) is 4.80. The van der Waals surface area contributed by atoms with Crippen molar-refractivity contribution in [3.8, 4) is 0 Å². The summed E-state index contributed by atoms with van der Waals surface area (Å²) in [6, 6.07) is 0. The SMILES string of the molecule is CC(=O)[C@H]1CC[C@H]2[C@H]3CC[C@H]4CC(=O)CC[C@]4(C)[C@@H]3CC[C@]12C. The van der Waals surface area contributed by atoms with Crippen LogP contribution in [0.25, 0.3) is 0 Å². The molecule has 0 spiro atoms. The molecule has 4 rings (SSSR count). The van der Waals surface area contributed by atoms with E-state index in [4.69, 9.17) is 0 Å². The molecule has 0 aliphatic heterocycles. The summed E-state index contributed by atoms with van der Waals surface area (Å²) in [5.74, 6) is 4.25. The lowest BCUT2D eigenvalue weighted by molar-refractivity contribution is -0.143. The Morgan fingerprint density at radius 3 is 2.43 bits per heavy atom. The van der Waals surface area contributed by atoms with Gasteiger partial charge in [0.2, 0.25) is 0 Å². The summed E-state index contributed by atoms with van der Waals surface area (Å²) in [4.78, 5) is 24.1. The van der Waals surface area contributed by atoms with Gasteiger partial charge in [-0.05, 0) is 86.4 Å². The second kappa shape index (κ2) is 5.17. The smallest absolute Gasteiger partial charge is 0.133 e. The number of Topliss-reactive ketones (excluding diaryl/α,β-unsaturated/α-hetero) is 2. The molecule has 0 N–H and O–H groups in total. The Morgan fingerprint density at radius 1 is 0.957 bits per heavy atom. The maximum Gasteiger partial charge on any atom is 0.133 e. The van der Waals surface area contributed by atoms with E-state index >= 15 is 0 Å². The predicted molar refractivity (Wildman–Crippen MR) is 90.9 cm³/mol. The fourth-order valence-electron chi connectivity index (χ4n) is 7.71. The van der Waals surface area contributed by atoms with Crippen molar-refractivity contribution < 1.29 is 9.59 Å². The van der Waals surface area contributed by atoms with Gasteiger partial charge < -0.3 is 0 Å². The van der Waals surface area contributed by atoms with Crippen LogP contribution < -0.4 is 0 Å². The Bertz CT molecular complexity index is 538. The molecule has 128 valence electrons. The first-order valence-electron chi connectivity index (χ1n) is 9.88. The molecule has 2 nitrogen and oxygen atoms in total. The molecule has 4 fully saturated rings. The second-order valence-corrected chi connectivity index (χ2v) is 9.68. The number of rotatable bonds is 1. The summed E-state index contributed by atoms with van der Waals surface area (Å²) in [7, 11) is 0. The van der Waals surface area contributed by atoms with Gasteiger partial charge in [0, 0.05) is 18.8 Å². The van der Waals surface area contributed by atoms with Crippen LogP contribution in [0.3, 0.4) is 0 Å². The maximum atomic E-state index is 12.2. The standard InChI is InChI=1S/C21H32O2/c1-13(22)17-6-7-18-16-5-4-14-12-15(23)8-10-20(14,2)19(16)9-11-21(17,18)3/h14,16-19H,4-12H2,1-3H3/t14-,16+,17+,18-,19+,20-,21+/m0/s1. The van der Waals surface area contributed by atoms with Crippen LogP contribution in [0.2, 0.25) is 0 Å². The average molecular weight is 316 g/mol. The minimum absolute atomic E-state index is 0.265. The minimum atomic E-state index is 0.265. The van der Waals surface area contributed by atoms with Gasteiger partial charge in [-0.15, -0.1) is 0 Å². The van der Waals surface area contributed by atoms with Gasteiger partial charge in [-0.25, -0.2) is 0 Å². The highest BCUT2D eigenvalue weighted by molar-refractivity contribution is 5.80. The highest BCUT2D eigenvalue weighted by Crippen LogP contribution is 2.67. The highest BCUT2D eigenvalue weighted by Gasteiger charge is 2.60. The number of carbonyl (C=O) groups excluding carboxylic acids is 2. The molecule has 4 aliphatic rings. The van der Waals surface area contributed by atoms with Crippen molar-refractivity contribution in [3.05, 3.63) is 0 Å². The summed E-state index contributed by atoms with van der Waals surface area (Å²) >= 11 is 0. The largest absolute Gasteiger partial charge is 0.300 e. The van der Waals surface area contributed by atoms with Gasteiger partial charge in [-0.1, -0.05) is 13.8 Å². The first-order chi connectivity index (χ1) is 10.9. The van der Waals surface area contributed by atoms with Crippen molar-refractivity contribution in [3.63, 3.8) is 0 Å². The van der Waals surface area contributed by atoms with Crippen molar-refractivity contribution in [1.29, 1.82) is 0 Å². The van der Waals surface area contributed by atoms with Crippen molar-refractivity contribution in [2.75, 3.05) is 0 Å². The van der Waals surface area contributed by atoms with Crippen molar-refractivity contribution >= 4 is 11.6 Å². The number of hydrogen-bond acceptors (Lipinski definition) is 2. The van der Waals surface area contributed by atoms with Gasteiger partial charge in [0.15, 0.2) is 0 Å². The number of ketones is 2. The molecule has 0 unspecified atom stereocenters. The quantitative estimate of drug-likeness (QED) is 0.696. The topological polar surface area (TPSA) is 34.1 Å². The first kappa shape index (κ1) is 15.8. The lowest BCUT2D eigenvalue weighted by Gasteiger charge is -2.60. The summed E-state index contributed by atoms with van der Waals surface area (Å²) in [6.45, 7) is 6.74. The lowest BCUT2D eigenvalue weighted by atomic mass is 9.44. The minimum Gasteiger partial charge on any atom is -0.300 e. The van der Waals surface area contributed by atoms with Crippen LogP contribution >= 0.6 is 0 Å². The molecule has 2 heteroatoms. The summed E-state index contributed by atoms with van der Waals surface area (Å²) in [6.07, 6.45) is 10.3. The molecule has 0 aromatic heterocycles. The van der Waals surface area contributed by atoms with Crippen molar-refractivity contribution in [1.82, 2.24) is 0 Å².